The van der Waals surface area contributed by atoms with E-state index in [1.807, 2.05) is 16.7 Å². The van der Waals surface area contributed by atoms with Crippen LogP contribution in [0.15, 0.2) is 48.8 Å². The minimum atomic E-state index is -0.942. The topological polar surface area (TPSA) is 70.8 Å². The molecule has 0 amide bonds. The van der Waals surface area contributed by atoms with Gasteiger partial charge in [-0.25, -0.2) is 9.78 Å². The van der Waals surface area contributed by atoms with E-state index in [1.54, 1.807) is 25.6 Å². The zero-order valence-electron chi connectivity index (χ0n) is 15.9. The predicted molar refractivity (Wildman–Crippen MR) is 109 cm³/mol. The van der Waals surface area contributed by atoms with Gasteiger partial charge in [0.1, 0.15) is 6.33 Å². The second-order valence-corrected chi connectivity index (χ2v) is 6.96. The van der Waals surface area contributed by atoms with Crippen LogP contribution >= 0.6 is 0 Å². The van der Waals surface area contributed by atoms with Gasteiger partial charge in [0, 0.05) is 51.2 Å². The summed E-state index contributed by atoms with van der Waals surface area (Å²) in [7, 11) is 1.74. The summed E-state index contributed by atoms with van der Waals surface area (Å²) in [6.45, 7) is 5.77. The molecule has 2 heterocycles. The van der Waals surface area contributed by atoms with Crippen LogP contribution in [-0.2, 0) is 4.74 Å². The van der Waals surface area contributed by atoms with E-state index < -0.39 is 5.97 Å². The Balaban J connectivity index is 1.55. The van der Waals surface area contributed by atoms with Gasteiger partial charge in [0.25, 0.3) is 0 Å². The lowest BCUT2D eigenvalue weighted by Gasteiger charge is -2.36. The van der Waals surface area contributed by atoms with E-state index in [-0.39, 0.29) is 5.56 Å². The van der Waals surface area contributed by atoms with Gasteiger partial charge in [-0.2, -0.15) is 0 Å². The van der Waals surface area contributed by atoms with Crippen LogP contribution in [0.5, 0.6) is 0 Å². The molecule has 0 bridgehead atoms. The van der Waals surface area contributed by atoms with Gasteiger partial charge in [-0.3, -0.25) is 9.47 Å². The molecule has 2 aromatic carbocycles. The van der Waals surface area contributed by atoms with Gasteiger partial charge >= 0.3 is 5.97 Å². The lowest BCUT2D eigenvalue weighted by atomic mass is 10.2. The van der Waals surface area contributed by atoms with Crippen molar-refractivity contribution in [3.63, 3.8) is 0 Å². The molecule has 28 heavy (non-hydrogen) atoms. The van der Waals surface area contributed by atoms with E-state index in [0.29, 0.717) is 5.52 Å². The Bertz CT molecular complexity index is 977. The Morgan fingerprint density at radius 3 is 2.64 bits per heavy atom. The second kappa shape index (κ2) is 8.00. The lowest BCUT2D eigenvalue weighted by Crippen LogP contribution is -2.47. The van der Waals surface area contributed by atoms with Crippen molar-refractivity contribution in [2.75, 3.05) is 51.3 Å². The largest absolute Gasteiger partial charge is 0.478 e. The van der Waals surface area contributed by atoms with Gasteiger partial charge in [-0.15, -0.1) is 0 Å². The molecule has 0 saturated carbocycles. The average Bonchev–Trinajstić information content (AvgIpc) is 3.16. The summed E-state index contributed by atoms with van der Waals surface area (Å²) in [6.07, 6.45) is 1.75. The standard InChI is InChI=1S/C21H24N4O3/c1-28-12-11-23-7-9-24(10-8-23)17-3-2-4-18(14-17)25-15-22-19-13-16(21(26)27)5-6-20(19)25/h2-6,13-15H,7-12H2,1H3,(H,26,27). The molecule has 146 valence electrons. The molecule has 1 aliphatic rings. The monoisotopic (exact) mass is 380 g/mol. The molecular weight excluding hydrogens is 356 g/mol. The third-order valence-corrected chi connectivity index (χ3v) is 5.25. The van der Waals surface area contributed by atoms with E-state index in [0.717, 1.165) is 50.5 Å². The number of aromatic carboxylic acids is 1. The molecule has 1 aliphatic heterocycles. The van der Waals surface area contributed by atoms with Gasteiger partial charge in [-0.1, -0.05) is 6.07 Å². The van der Waals surface area contributed by atoms with Crippen molar-refractivity contribution >= 4 is 22.7 Å². The van der Waals surface area contributed by atoms with E-state index in [1.165, 1.54) is 5.69 Å². The number of benzene rings is 2. The summed E-state index contributed by atoms with van der Waals surface area (Å²) in [4.78, 5) is 20.4. The van der Waals surface area contributed by atoms with Crippen LogP contribution in [0.2, 0.25) is 0 Å². The fraction of sp³-hybridized carbons (Fsp3) is 0.333. The van der Waals surface area contributed by atoms with Crippen LogP contribution < -0.4 is 4.90 Å². The highest BCUT2D eigenvalue weighted by atomic mass is 16.5. The van der Waals surface area contributed by atoms with Crippen molar-refractivity contribution in [1.82, 2.24) is 14.5 Å². The SMILES string of the molecule is COCCN1CCN(c2cccc(-n3cnc4cc(C(=O)O)ccc43)c2)CC1. The van der Waals surface area contributed by atoms with Gasteiger partial charge in [0.2, 0.25) is 0 Å². The minimum absolute atomic E-state index is 0.248. The maximum atomic E-state index is 11.2. The van der Waals surface area contributed by atoms with E-state index in [4.69, 9.17) is 9.84 Å². The van der Waals surface area contributed by atoms with Crippen LogP contribution in [0.1, 0.15) is 10.4 Å². The number of fused-ring (bicyclic) bond motifs is 1. The molecule has 7 nitrogen and oxygen atoms in total. The molecule has 0 unspecified atom stereocenters. The second-order valence-electron chi connectivity index (χ2n) is 6.96. The van der Waals surface area contributed by atoms with Crippen LogP contribution in [0, 0.1) is 0 Å². The van der Waals surface area contributed by atoms with Gasteiger partial charge in [0.15, 0.2) is 0 Å². The fourth-order valence-corrected chi connectivity index (χ4v) is 3.64. The summed E-state index contributed by atoms with van der Waals surface area (Å²) in [6, 6.07) is 13.4. The van der Waals surface area contributed by atoms with Crippen LogP contribution in [0.25, 0.3) is 16.7 Å². The first-order valence-corrected chi connectivity index (χ1v) is 9.43. The first-order valence-electron chi connectivity index (χ1n) is 9.43. The van der Waals surface area contributed by atoms with Crippen LogP contribution in [-0.4, -0.2) is 72.0 Å². The Morgan fingerprint density at radius 1 is 1.11 bits per heavy atom. The highest BCUT2D eigenvalue weighted by molar-refractivity contribution is 5.92. The number of methoxy groups -OCH3 is 1. The zero-order valence-corrected chi connectivity index (χ0v) is 15.9. The number of piperazine rings is 1. The number of ether oxygens (including phenoxy) is 1. The quantitative estimate of drug-likeness (QED) is 0.709. The lowest BCUT2D eigenvalue weighted by molar-refractivity contribution is 0.0697. The van der Waals surface area contributed by atoms with Crippen molar-refractivity contribution < 1.29 is 14.6 Å². The number of carbonyl (C=O) groups is 1. The van der Waals surface area contributed by atoms with Crippen LogP contribution in [0.3, 0.4) is 0 Å². The van der Waals surface area contributed by atoms with Crippen LogP contribution in [0.4, 0.5) is 5.69 Å². The molecule has 0 radical (unpaired) electrons. The normalized spacial score (nSPS) is 15.2. The molecular formula is C21H24N4O3. The smallest absolute Gasteiger partial charge is 0.335 e. The van der Waals surface area contributed by atoms with Crippen molar-refractivity contribution in [1.29, 1.82) is 0 Å². The molecule has 0 aliphatic carbocycles. The number of hydrogen-bond acceptors (Lipinski definition) is 5. The average molecular weight is 380 g/mol. The number of carboxylic acids is 1. The molecule has 3 aromatic rings. The molecule has 1 N–H and O–H groups in total. The molecule has 1 aromatic heterocycles. The summed E-state index contributed by atoms with van der Waals surface area (Å²) >= 11 is 0. The highest BCUT2D eigenvalue weighted by Crippen LogP contribution is 2.24. The Labute approximate surface area is 163 Å². The Morgan fingerprint density at radius 2 is 1.89 bits per heavy atom. The van der Waals surface area contributed by atoms with E-state index in [2.05, 4.69) is 33.0 Å². The van der Waals surface area contributed by atoms with Crippen molar-refractivity contribution in [2.45, 2.75) is 0 Å². The molecule has 0 atom stereocenters. The molecule has 1 fully saturated rings. The third-order valence-electron chi connectivity index (χ3n) is 5.25. The summed E-state index contributed by atoms with van der Waals surface area (Å²) in [5.41, 5.74) is 4.03. The number of hydrogen-bond donors (Lipinski definition) is 1. The molecule has 1 saturated heterocycles. The minimum Gasteiger partial charge on any atom is -0.478 e. The number of rotatable bonds is 6. The third kappa shape index (κ3) is 3.72. The predicted octanol–water partition coefficient (Wildman–Crippen LogP) is 2.49. The zero-order chi connectivity index (χ0) is 19.5. The first-order chi connectivity index (χ1) is 13.7. The van der Waals surface area contributed by atoms with Crippen molar-refractivity contribution in [3.05, 3.63) is 54.4 Å². The number of imidazole rings is 1. The van der Waals surface area contributed by atoms with Crippen molar-refractivity contribution in [3.8, 4) is 5.69 Å². The van der Waals surface area contributed by atoms with Gasteiger partial charge in [-0.05, 0) is 36.4 Å². The number of anilines is 1. The maximum Gasteiger partial charge on any atom is 0.335 e. The summed E-state index contributed by atoms with van der Waals surface area (Å²) in [5.74, 6) is -0.942. The molecule has 0 spiro atoms. The summed E-state index contributed by atoms with van der Waals surface area (Å²) in [5, 5.41) is 9.16. The van der Waals surface area contributed by atoms with E-state index in [9.17, 15) is 4.79 Å². The Kier molecular flexibility index (Phi) is 5.27. The highest BCUT2D eigenvalue weighted by Gasteiger charge is 2.17. The Hall–Kier alpha value is -2.90. The summed E-state index contributed by atoms with van der Waals surface area (Å²) < 4.78 is 7.17. The van der Waals surface area contributed by atoms with Gasteiger partial charge < -0.3 is 14.7 Å². The molecule has 7 heteroatoms. The maximum absolute atomic E-state index is 11.2. The first kappa shape index (κ1) is 18.5. The number of nitrogens with zero attached hydrogens (tertiary/aromatic N) is 4. The number of carboxylic acid groups (broad SMARTS) is 1. The fourth-order valence-electron chi connectivity index (χ4n) is 3.64. The van der Waals surface area contributed by atoms with E-state index >= 15 is 0 Å². The molecule has 4 rings (SSSR count). The number of aromatic nitrogens is 2. The van der Waals surface area contributed by atoms with Crippen molar-refractivity contribution in [2.24, 2.45) is 0 Å². The van der Waals surface area contributed by atoms with Gasteiger partial charge in [0.05, 0.1) is 23.2 Å².